The number of hydrogen-bond donors (Lipinski definition) is 11. The van der Waals surface area contributed by atoms with Gasteiger partial charge in [0.25, 0.3) is 45.5 Å². The number of aryl methyl sites for hydroxylation is 5. The minimum atomic E-state index is -0.638. The van der Waals surface area contributed by atoms with Gasteiger partial charge >= 0.3 is 6.09 Å². The molecule has 0 aromatic carbocycles. The molecule has 0 atom stereocenters. The second-order valence-electron chi connectivity index (χ2n) is 30.1. The summed E-state index contributed by atoms with van der Waals surface area (Å²) < 4.78 is 16.7. The van der Waals surface area contributed by atoms with Gasteiger partial charge in [0, 0.05) is 144 Å². The number of aromatic amines is 1. The third kappa shape index (κ3) is 23.8. The van der Waals surface area contributed by atoms with E-state index in [1.165, 1.54) is 103 Å². The van der Waals surface area contributed by atoms with Crippen LogP contribution in [0.4, 0.5) is 62.3 Å². The van der Waals surface area contributed by atoms with E-state index < -0.39 is 11.7 Å². The maximum absolute atomic E-state index is 13.0. The van der Waals surface area contributed by atoms with E-state index in [1.807, 2.05) is 40.8 Å². The number of nitrogens with zero attached hydrogens (tertiary/aromatic N) is 19. The molecular weight excluding hydrogens is 1850 g/mol. The molecule has 0 aliphatic heterocycles. The van der Waals surface area contributed by atoms with Crippen molar-refractivity contribution in [1.82, 2.24) is 108 Å². The van der Waals surface area contributed by atoms with Gasteiger partial charge in [0.2, 0.25) is 0 Å². The minimum Gasteiger partial charge on any atom is -0.443 e. The number of halogens is 2. The Labute approximate surface area is 772 Å². The van der Waals surface area contributed by atoms with Gasteiger partial charge in [-0.15, -0.1) is 56.7 Å². The summed E-state index contributed by atoms with van der Waals surface area (Å²) in [5, 5.41) is 36.5. The maximum atomic E-state index is 13.0. The summed E-state index contributed by atoms with van der Waals surface area (Å²) in [4.78, 5) is 153. The highest BCUT2D eigenvalue weighted by Crippen LogP contribution is 2.30. The quantitative estimate of drug-likeness (QED) is 0.0377. The van der Waals surface area contributed by atoms with Crippen LogP contribution in [0.3, 0.4) is 0 Å². The van der Waals surface area contributed by atoms with E-state index in [2.05, 4.69) is 113 Å². The molecule has 3 fully saturated rings. The zero-order chi connectivity index (χ0) is 92.9. The molecule has 0 bridgehead atoms. The first-order valence-corrected chi connectivity index (χ1v) is 45.1. The Morgan fingerprint density at radius 1 is 0.485 bits per heavy atom. The summed E-state index contributed by atoms with van der Waals surface area (Å²) in [6, 6.07) is 22.4. The molecule has 3 aliphatic rings. The Morgan fingerprint density at radius 3 is 1.15 bits per heavy atom. The average Bonchev–Trinajstić information content (AvgIpc) is 1.64. The number of thiazole rings is 5. The van der Waals surface area contributed by atoms with Gasteiger partial charge in [0.15, 0.2) is 41.4 Å². The van der Waals surface area contributed by atoms with Crippen molar-refractivity contribution in [2.24, 2.45) is 0 Å². The zero-order valence-corrected chi connectivity index (χ0v) is 78.0. The number of nitrogens with one attached hydrogen (secondary N) is 8. The van der Waals surface area contributed by atoms with Crippen LogP contribution in [0.25, 0.3) is 37.5 Å². The van der Waals surface area contributed by atoms with E-state index >= 15 is 0 Å². The molecule has 674 valence electrons. The fourth-order valence-corrected chi connectivity index (χ4v) is 16.1. The topological polar surface area (TPSA) is 519 Å². The molecule has 16 heterocycles. The van der Waals surface area contributed by atoms with Crippen LogP contribution in [-0.2, 0) is 4.74 Å². The molecule has 0 unspecified atom stereocenters. The Balaban J connectivity index is 0.000000136. The number of rotatable bonds is 17. The second kappa shape index (κ2) is 41.3. The lowest BCUT2D eigenvalue weighted by atomic mass is 10.2. The predicted octanol–water partition coefficient (Wildman–Crippen LogP) is 11.8. The van der Waals surface area contributed by atoms with Crippen LogP contribution in [0.5, 0.6) is 0 Å². The Hall–Kier alpha value is -14.2. The first-order valence-electron chi connectivity index (χ1n) is 39.9. The number of nitrogen functional groups attached to an aromatic ring is 3. The van der Waals surface area contributed by atoms with Crippen LogP contribution in [-0.4, -0.2) is 161 Å². The van der Waals surface area contributed by atoms with Gasteiger partial charge in [-0.05, 0) is 171 Å². The average molecular weight is 1940 g/mol. The number of ether oxygens (including phenoxy) is 1. The maximum Gasteiger partial charge on any atom is 0.415 e. The van der Waals surface area contributed by atoms with Crippen molar-refractivity contribution < 1.29 is 23.9 Å². The molecule has 19 rings (SSSR count). The molecule has 16 aromatic heterocycles. The van der Waals surface area contributed by atoms with Gasteiger partial charge in [0.1, 0.15) is 67.9 Å². The first-order chi connectivity index (χ1) is 62.2. The van der Waals surface area contributed by atoms with E-state index in [4.69, 9.17) is 33.5 Å². The van der Waals surface area contributed by atoms with Crippen LogP contribution >= 0.6 is 84.2 Å². The van der Waals surface area contributed by atoms with Crippen LogP contribution in [0, 0.1) is 34.6 Å². The second-order valence-corrected chi connectivity index (χ2v) is 37.8. The molecule has 3 saturated carbocycles. The zero-order valence-electron chi connectivity index (χ0n) is 71.6. The van der Waals surface area contributed by atoms with Crippen molar-refractivity contribution in [2.75, 3.05) is 64.5 Å². The van der Waals surface area contributed by atoms with Crippen molar-refractivity contribution in [3.8, 4) is 20.5 Å². The number of nitrogens with two attached hydrogens (primary N) is 3. The van der Waals surface area contributed by atoms with Crippen LogP contribution < -0.4 is 87.1 Å². The van der Waals surface area contributed by atoms with Gasteiger partial charge in [0.05, 0.1) is 35.7 Å². The highest BCUT2D eigenvalue weighted by atomic mass is 79.9. The smallest absolute Gasteiger partial charge is 0.415 e. The third-order valence-corrected chi connectivity index (χ3v) is 23.7. The molecule has 47 heteroatoms. The first kappa shape index (κ1) is 93.4. The largest absolute Gasteiger partial charge is 0.443 e. The van der Waals surface area contributed by atoms with Crippen molar-refractivity contribution in [3.05, 3.63) is 261 Å². The lowest BCUT2D eigenvalue weighted by Crippen LogP contribution is -2.35. The standard InChI is InChI=1S/2C20H20N8O2S.C16H20ClN5O3.2C9H9N3OS.C5H6N2O.C4H4BrNS/c2*1-11-9-22-20(31-11)27-7-3-4-14(19(27)30)25-15-8-16(21-2)28-17(26-15)13(10-23-28)18(29)24-12-5-6-12;1-16(2,3)25-15(24)21(4)12-7-11(17)20-13-10(8-18-22(12)13)14(23)19-9-5-6-9;2*1-6-5-11-9(14-6)12-4-2-3-7(10)8(12)13;6-4-2-1-3-7-5(4)8;1-3-2-6-4(5)7-3/h2*3-4,7-10,12,21H,5-6H2,1-2H3,(H,24,29)(H,25,26);7-9H,5-6H2,1-4H3,(H,19,23);2*2-5H,10H2,1H3;1-3H,6H2,(H,7,8);2H,1H3. The summed E-state index contributed by atoms with van der Waals surface area (Å²) in [6.45, 7) is 15.1. The SMILES string of the molecule is CN(C(=O)OC(C)(C)C)c1cc(Cl)nc2c(C(=O)NC3CC3)cnn12.CNc1cc(Nc2cccn(-c3ncc(C)s3)c2=O)nc2c(C(=O)NC3CC3)cnn12.CNc1cc(Nc2cccn(-c3ncc(C)s3)c2=O)nc2c(C(=O)NC3CC3)cnn12.Cc1cnc(-n2cccc(N)c2=O)s1.Cc1cnc(-n2cccc(N)c2=O)s1.Cc1cnc(Br)s1.Nc1ccc[nH]c1=O. The summed E-state index contributed by atoms with van der Waals surface area (Å²) in [5.74, 6) is 1.80. The Kier molecular flexibility index (Phi) is 29.7. The molecule has 130 heavy (non-hydrogen) atoms. The van der Waals surface area contributed by atoms with Gasteiger partial charge < -0.3 is 64.1 Å². The number of carbonyl (C=O) groups is 4. The molecule has 40 nitrogen and oxygen atoms in total. The molecule has 0 spiro atoms. The predicted molar refractivity (Wildman–Crippen MR) is 510 cm³/mol. The van der Waals surface area contributed by atoms with Gasteiger partial charge in [-0.2, -0.15) is 28.8 Å². The fraction of sp³-hybridized carbons (Fsp3) is 0.253. The monoisotopic (exact) mass is 1940 g/mol. The summed E-state index contributed by atoms with van der Waals surface area (Å²) in [6.07, 6.45) is 26.8. The molecule has 3 aliphatic carbocycles. The molecule has 0 saturated heterocycles. The third-order valence-electron chi connectivity index (χ3n) is 18.4. The van der Waals surface area contributed by atoms with Crippen molar-refractivity contribution in [1.29, 1.82) is 0 Å². The summed E-state index contributed by atoms with van der Waals surface area (Å²) in [7, 11) is 5.06. The molecule has 16 aromatic rings. The number of hydrogen-bond acceptors (Lipinski definition) is 33. The van der Waals surface area contributed by atoms with E-state index in [-0.39, 0.29) is 91.5 Å². The highest BCUT2D eigenvalue weighted by molar-refractivity contribution is 9.11. The highest BCUT2D eigenvalue weighted by Gasteiger charge is 2.31. The molecule has 4 amide bonds. The van der Waals surface area contributed by atoms with Crippen LogP contribution in [0.2, 0.25) is 5.15 Å². The lowest BCUT2D eigenvalue weighted by molar-refractivity contribution is 0.0587. The fourth-order valence-electron chi connectivity index (χ4n) is 11.6. The van der Waals surface area contributed by atoms with E-state index in [1.54, 1.807) is 191 Å². The number of carbonyl (C=O) groups excluding carboxylic acids is 4. The van der Waals surface area contributed by atoms with E-state index in [0.29, 0.717) is 89.0 Å². The van der Waals surface area contributed by atoms with Gasteiger partial charge in [-0.1, -0.05) is 11.6 Å². The molecule has 14 N–H and O–H groups in total. The van der Waals surface area contributed by atoms with Crippen LogP contribution in [0.1, 0.15) is 115 Å². The van der Waals surface area contributed by atoms with Gasteiger partial charge in [-0.3, -0.25) is 61.5 Å². The summed E-state index contributed by atoms with van der Waals surface area (Å²) >= 11 is 16.8. The number of anilines is 10. The number of fused-ring (bicyclic) bond motifs is 3. The summed E-state index contributed by atoms with van der Waals surface area (Å²) in [5.41, 5.74) is 18.0. The van der Waals surface area contributed by atoms with E-state index in [9.17, 15) is 43.2 Å². The number of H-pyrrole nitrogens is 1. The Bertz CT molecular complexity index is 6820. The Morgan fingerprint density at radius 2 is 0.838 bits per heavy atom. The molecular formula is C83H88BrClN30O10S5. The number of pyridine rings is 5. The van der Waals surface area contributed by atoms with Crippen molar-refractivity contribution >= 4 is 182 Å². The normalized spacial score (nSPS) is 12.4. The van der Waals surface area contributed by atoms with Gasteiger partial charge in [-0.25, -0.2) is 44.7 Å². The molecule has 0 radical (unpaired) electrons. The van der Waals surface area contributed by atoms with Crippen LogP contribution in [0.15, 0.2) is 187 Å². The van der Waals surface area contributed by atoms with E-state index in [0.717, 1.165) is 62.0 Å². The van der Waals surface area contributed by atoms with Crippen molar-refractivity contribution in [2.45, 2.75) is 118 Å². The van der Waals surface area contributed by atoms with Crippen molar-refractivity contribution in [3.63, 3.8) is 0 Å². The minimum absolute atomic E-state index is 0.152. The number of aromatic nitrogens is 19. The lowest BCUT2D eigenvalue weighted by Gasteiger charge is -2.24. The number of amides is 4.